The third-order valence-electron chi connectivity index (χ3n) is 9.34. The van der Waals surface area contributed by atoms with Crippen molar-refractivity contribution in [1.82, 2.24) is 20.2 Å². The number of piperidine rings is 1. The van der Waals surface area contributed by atoms with Crippen molar-refractivity contribution in [2.75, 3.05) is 13.2 Å². The molecule has 5 aromatic rings. The summed E-state index contributed by atoms with van der Waals surface area (Å²) < 4.78 is 5.84. The molecule has 3 N–H and O–H groups in total. The number of hydrogen-bond acceptors (Lipinski definition) is 5. The number of ether oxygens (including phenoxy) is 1. The van der Waals surface area contributed by atoms with E-state index in [4.69, 9.17) is 9.72 Å². The van der Waals surface area contributed by atoms with Gasteiger partial charge in [-0.3, -0.25) is 4.79 Å². The normalized spacial score (nSPS) is 16.1. The Hall–Kier alpha value is -5.70. The minimum Gasteiger partial charge on any atom is -0.478 e. The van der Waals surface area contributed by atoms with E-state index in [2.05, 4.69) is 34.6 Å². The van der Waals surface area contributed by atoms with Crippen molar-refractivity contribution in [3.05, 3.63) is 137 Å². The Morgan fingerprint density at radius 3 is 2.23 bits per heavy atom. The van der Waals surface area contributed by atoms with Gasteiger partial charge in [-0.1, -0.05) is 91.0 Å². The number of benzene rings is 4. The molecule has 1 fully saturated rings. The maximum absolute atomic E-state index is 14.4. The average molecular weight is 641 g/mol. The van der Waals surface area contributed by atoms with Crippen LogP contribution >= 0.6 is 0 Å². The number of carboxylic acid groups (broad SMARTS) is 1. The molecule has 0 saturated carbocycles. The van der Waals surface area contributed by atoms with Crippen molar-refractivity contribution in [3.63, 3.8) is 0 Å². The molecule has 2 heterocycles. The molecule has 1 aliphatic carbocycles. The molecule has 2 amide bonds. The highest BCUT2D eigenvalue weighted by molar-refractivity contribution is 5.88. The number of fused-ring (bicyclic) bond motifs is 3. The van der Waals surface area contributed by atoms with Crippen LogP contribution in [0.3, 0.4) is 0 Å². The van der Waals surface area contributed by atoms with Gasteiger partial charge in [-0.25, -0.2) is 14.6 Å². The molecule has 9 heteroatoms. The topological polar surface area (TPSA) is 125 Å². The van der Waals surface area contributed by atoms with Crippen molar-refractivity contribution >= 4 is 18.0 Å². The minimum atomic E-state index is -1.03. The van der Waals surface area contributed by atoms with Gasteiger partial charge in [-0.15, -0.1) is 0 Å². The molecule has 242 valence electrons. The Kier molecular flexibility index (Phi) is 8.74. The Labute approximate surface area is 278 Å². The van der Waals surface area contributed by atoms with E-state index in [1.165, 1.54) is 12.1 Å². The SMILES string of the molecule is O=C(N[C@@H](Cc1ccc(C(=O)O)cc1)C(=O)N1CCCC[C@H]1c1nc(-c2ccccc2)c[nH]1)OCC1c2ccccc2-c2ccccc21. The van der Waals surface area contributed by atoms with Gasteiger partial charge in [0, 0.05) is 30.6 Å². The van der Waals surface area contributed by atoms with E-state index >= 15 is 0 Å². The molecule has 1 aliphatic heterocycles. The molecule has 0 unspecified atom stereocenters. The molecule has 7 rings (SSSR count). The highest BCUT2D eigenvalue weighted by atomic mass is 16.5. The van der Waals surface area contributed by atoms with E-state index in [9.17, 15) is 19.5 Å². The highest BCUT2D eigenvalue weighted by Crippen LogP contribution is 2.44. The molecule has 2 aliphatic rings. The van der Waals surface area contributed by atoms with E-state index in [0.717, 1.165) is 58.3 Å². The maximum Gasteiger partial charge on any atom is 0.407 e. The second-order valence-electron chi connectivity index (χ2n) is 12.3. The van der Waals surface area contributed by atoms with Crippen LogP contribution in [-0.4, -0.2) is 57.1 Å². The summed E-state index contributed by atoms with van der Waals surface area (Å²) >= 11 is 0. The third-order valence-corrected chi connectivity index (χ3v) is 9.34. The molecular formula is C39H36N4O5. The number of alkyl carbamates (subject to hydrolysis) is 1. The maximum atomic E-state index is 14.4. The second kappa shape index (κ2) is 13.6. The molecule has 48 heavy (non-hydrogen) atoms. The van der Waals surface area contributed by atoms with Crippen LogP contribution in [0.4, 0.5) is 4.79 Å². The summed E-state index contributed by atoms with van der Waals surface area (Å²) in [6.07, 6.45) is 3.85. The van der Waals surface area contributed by atoms with Crippen LogP contribution in [0.1, 0.15) is 64.1 Å². The quantitative estimate of drug-likeness (QED) is 0.160. The van der Waals surface area contributed by atoms with E-state index in [0.29, 0.717) is 12.4 Å². The Bertz CT molecular complexity index is 1890. The molecule has 4 aromatic carbocycles. The van der Waals surface area contributed by atoms with Crippen molar-refractivity contribution in [2.45, 2.75) is 43.7 Å². The van der Waals surface area contributed by atoms with Gasteiger partial charge in [0.15, 0.2) is 0 Å². The molecular weight excluding hydrogens is 604 g/mol. The summed E-state index contributed by atoms with van der Waals surface area (Å²) in [4.78, 5) is 49.3. The molecule has 9 nitrogen and oxygen atoms in total. The van der Waals surface area contributed by atoms with Crippen LogP contribution in [0.25, 0.3) is 22.4 Å². The summed E-state index contributed by atoms with van der Waals surface area (Å²) in [6, 6.07) is 31.2. The second-order valence-corrected chi connectivity index (χ2v) is 12.3. The monoisotopic (exact) mass is 640 g/mol. The zero-order chi connectivity index (χ0) is 33.0. The summed E-state index contributed by atoms with van der Waals surface area (Å²) in [5, 5.41) is 12.3. The lowest BCUT2D eigenvalue weighted by atomic mass is 9.97. The summed E-state index contributed by atoms with van der Waals surface area (Å²) in [7, 11) is 0. The Morgan fingerprint density at radius 2 is 1.54 bits per heavy atom. The average Bonchev–Trinajstić information content (AvgIpc) is 3.74. The zero-order valence-corrected chi connectivity index (χ0v) is 26.3. The molecule has 0 radical (unpaired) electrons. The third kappa shape index (κ3) is 6.31. The number of H-pyrrole nitrogens is 1. The van der Waals surface area contributed by atoms with Gasteiger partial charge < -0.3 is 25.0 Å². The van der Waals surface area contributed by atoms with Gasteiger partial charge in [-0.05, 0) is 59.2 Å². The van der Waals surface area contributed by atoms with Crippen LogP contribution in [-0.2, 0) is 16.0 Å². The number of nitrogens with zero attached hydrogens (tertiary/aromatic N) is 2. The van der Waals surface area contributed by atoms with Crippen LogP contribution in [0.15, 0.2) is 109 Å². The number of aromatic carboxylic acids is 1. The van der Waals surface area contributed by atoms with E-state index in [1.54, 1.807) is 17.0 Å². The van der Waals surface area contributed by atoms with Crippen LogP contribution in [0, 0.1) is 0 Å². The first kappa shape index (κ1) is 30.9. The van der Waals surface area contributed by atoms with Gasteiger partial charge in [0.25, 0.3) is 0 Å². The van der Waals surface area contributed by atoms with Crippen molar-refractivity contribution in [3.8, 4) is 22.4 Å². The molecule has 1 saturated heterocycles. The van der Waals surface area contributed by atoms with E-state index in [1.807, 2.05) is 60.8 Å². The summed E-state index contributed by atoms with van der Waals surface area (Å²) in [5.74, 6) is -0.693. The molecule has 0 bridgehead atoms. The standard InChI is InChI=1S/C39H36N4O5/c44-37(43-21-9-8-16-35(43)36-40-23-34(41-36)26-10-2-1-3-11-26)33(22-25-17-19-27(20-18-25)38(45)46)42-39(47)48-24-32-30-14-6-4-12-28(30)29-13-5-7-15-31(29)32/h1-7,10-15,17-20,23,32-33,35H,8-9,16,21-22,24H2,(H,40,41)(H,42,47)(H,45,46)/t33-,35-/m0/s1. The number of aromatic nitrogens is 2. The predicted octanol–water partition coefficient (Wildman–Crippen LogP) is 6.98. The number of carbonyl (C=O) groups is 3. The fourth-order valence-corrected chi connectivity index (χ4v) is 6.95. The Morgan fingerprint density at radius 1 is 0.875 bits per heavy atom. The predicted molar refractivity (Wildman–Crippen MR) is 181 cm³/mol. The van der Waals surface area contributed by atoms with Gasteiger partial charge in [-0.2, -0.15) is 0 Å². The number of amides is 2. The number of aromatic amines is 1. The Balaban J connectivity index is 1.11. The van der Waals surface area contributed by atoms with Crippen molar-refractivity contribution in [2.24, 2.45) is 0 Å². The number of carbonyl (C=O) groups excluding carboxylic acids is 2. The van der Waals surface area contributed by atoms with Crippen LogP contribution in [0.5, 0.6) is 0 Å². The van der Waals surface area contributed by atoms with Gasteiger partial charge >= 0.3 is 12.1 Å². The first-order chi connectivity index (χ1) is 23.5. The van der Waals surface area contributed by atoms with Gasteiger partial charge in [0.2, 0.25) is 5.91 Å². The van der Waals surface area contributed by atoms with Crippen LogP contribution in [0.2, 0.25) is 0 Å². The summed E-state index contributed by atoms with van der Waals surface area (Å²) in [6.45, 7) is 0.640. The molecule has 2 atom stereocenters. The van der Waals surface area contributed by atoms with Crippen molar-refractivity contribution in [1.29, 1.82) is 0 Å². The fraction of sp³-hybridized carbons (Fsp3) is 0.231. The number of likely N-dealkylation sites (tertiary alicyclic amines) is 1. The first-order valence-corrected chi connectivity index (χ1v) is 16.3. The first-order valence-electron chi connectivity index (χ1n) is 16.3. The van der Waals surface area contributed by atoms with Crippen LogP contribution < -0.4 is 5.32 Å². The van der Waals surface area contributed by atoms with Crippen molar-refractivity contribution < 1.29 is 24.2 Å². The fourth-order valence-electron chi connectivity index (χ4n) is 6.95. The van der Waals surface area contributed by atoms with E-state index < -0.39 is 18.1 Å². The molecule has 0 spiro atoms. The number of imidazole rings is 1. The zero-order valence-electron chi connectivity index (χ0n) is 26.3. The summed E-state index contributed by atoms with van der Waals surface area (Å²) in [5.41, 5.74) is 7.10. The minimum absolute atomic E-state index is 0.120. The van der Waals surface area contributed by atoms with Gasteiger partial charge in [0.05, 0.1) is 17.3 Å². The highest BCUT2D eigenvalue weighted by Gasteiger charge is 2.36. The van der Waals surface area contributed by atoms with Gasteiger partial charge in [0.1, 0.15) is 18.5 Å². The lowest BCUT2D eigenvalue weighted by molar-refractivity contribution is -0.137. The number of hydrogen-bond donors (Lipinski definition) is 3. The lowest BCUT2D eigenvalue weighted by Crippen LogP contribution is -2.52. The number of carboxylic acids is 1. The number of rotatable bonds is 9. The smallest absolute Gasteiger partial charge is 0.407 e. The lowest BCUT2D eigenvalue weighted by Gasteiger charge is -2.37. The largest absolute Gasteiger partial charge is 0.478 e. The number of nitrogens with one attached hydrogen (secondary N) is 2. The molecule has 1 aromatic heterocycles. The van der Waals surface area contributed by atoms with E-state index in [-0.39, 0.29) is 36.5 Å².